The van der Waals surface area contributed by atoms with Crippen molar-refractivity contribution in [1.82, 2.24) is 0 Å². The molecule has 0 spiro atoms. The number of hydrogen-bond donors (Lipinski definition) is 0. The van der Waals surface area contributed by atoms with E-state index in [4.69, 9.17) is 15.3 Å². The molecule has 0 fully saturated rings. The second-order valence-corrected chi connectivity index (χ2v) is 19.9. The minimum absolute atomic E-state index is 0. The van der Waals surface area contributed by atoms with E-state index in [9.17, 15) is 0 Å². The van der Waals surface area contributed by atoms with Gasteiger partial charge in [0.25, 0.3) is 0 Å². The maximum atomic E-state index is 8.25. The van der Waals surface area contributed by atoms with Gasteiger partial charge in [-0.2, -0.15) is 0 Å². The summed E-state index contributed by atoms with van der Waals surface area (Å²) >= 11 is 0. The van der Waals surface area contributed by atoms with Gasteiger partial charge in [0.2, 0.25) is 0 Å². The van der Waals surface area contributed by atoms with Crippen molar-refractivity contribution in [2.45, 2.75) is 0 Å². The van der Waals surface area contributed by atoms with Crippen molar-refractivity contribution >= 4 is 71.5 Å². The van der Waals surface area contributed by atoms with Crippen LogP contribution in [0.1, 0.15) is 0 Å². The summed E-state index contributed by atoms with van der Waals surface area (Å²) in [4.78, 5) is 8.25. The summed E-state index contributed by atoms with van der Waals surface area (Å²) in [6.45, 7) is 0. The Bertz CT molecular complexity index is 1980. The molecule has 0 aromatic heterocycles. The summed E-state index contributed by atoms with van der Waals surface area (Å²) in [7, 11) is -1.34. The van der Waals surface area contributed by atoms with Crippen LogP contribution >= 0.6 is 23.8 Å². The van der Waals surface area contributed by atoms with E-state index in [1.807, 2.05) is 0 Å². The summed E-state index contributed by atoms with van der Waals surface area (Å²) in [6.07, 6.45) is 0. The van der Waals surface area contributed by atoms with E-state index in [-0.39, 0.29) is 22.4 Å². The molecule has 0 unspecified atom stereocenters. The fourth-order valence-electron chi connectivity index (χ4n) is 6.54. The first-order chi connectivity index (χ1) is 30.1. The predicted molar refractivity (Wildman–Crippen MR) is 266 cm³/mol. The van der Waals surface area contributed by atoms with Crippen LogP contribution in [0.3, 0.4) is 0 Å². The topological polar surface area (TPSA) is 66.2 Å². The van der Waals surface area contributed by atoms with Gasteiger partial charge in [-0.15, -0.1) is 0 Å². The molecule has 0 heterocycles. The summed E-state index contributed by atoms with van der Waals surface area (Å²) in [5, 5.41) is 27.3. The monoisotopic (exact) mass is 955 g/mol. The van der Waals surface area contributed by atoms with Crippen molar-refractivity contribution in [2.75, 3.05) is 0 Å². The van der Waals surface area contributed by atoms with E-state index < -0.39 is 28.9 Å². The molecular formula is C54H45AgNO3P3. The van der Waals surface area contributed by atoms with Crippen LogP contribution in [0.2, 0.25) is 0 Å². The SMILES string of the molecule is O=[N+]([O-])[O-].[Ag+].c1ccc(P(c2ccccc2)c2ccccc2)cc1.c1ccc(P(c2ccccc2)c2ccccc2)cc1.c1ccc(P(c2ccccc2)c2ccccc2)cc1. The summed E-state index contributed by atoms with van der Waals surface area (Å²) < 4.78 is 0. The second kappa shape index (κ2) is 26.5. The van der Waals surface area contributed by atoms with E-state index in [1.54, 1.807) is 0 Å². The van der Waals surface area contributed by atoms with Crippen molar-refractivity contribution in [3.8, 4) is 0 Å². The Morgan fingerprint density at radius 1 is 0.226 bits per heavy atom. The zero-order valence-electron chi connectivity index (χ0n) is 33.8. The molecule has 0 aliphatic rings. The van der Waals surface area contributed by atoms with Gasteiger partial charge >= 0.3 is 22.4 Å². The third kappa shape index (κ3) is 14.7. The van der Waals surface area contributed by atoms with Crippen LogP contribution in [0.4, 0.5) is 0 Å². The maximum absolute atomic E-state index is 8.25. The van der Waals surface area contributed by atoms with Gasteiger partial charge in [-0.05, 0) is 71.5 Å². The third-order valence-corrected chi connectivity index (χ3v) is 16.5. The molecule has 0 aliphatic heterocycles. The van der Waals surface area contributed by atoms with Crippen LogP contribution in [-0.2, 0) is 22.4 Å². The molecule has 9 aromatic rings. The van der Waals surface area contributed by atoms with Crippen molar-refractivity contribution in [1.29, 1.82) is 0 Å². The van der Waals surface area contributed by atoms with Gasteiger partial charge in [0.05, 0.1) is 5.09 Å². The number of benzene rings is 9. The molecule has 0 amide bonds. The fourth-order valence-corrected chi connectivity index (χ4v) is 13.5. The van der Waals surface area contributed by atoms with Crippen LogP contribution in [0.15, 0.2) is 273 Å². The van der Waals surface area contributed by atoms with Crippen LogP contribution < -0.4 is 47.7 Å². The predicted octanol–water partition coefficient (Wildman–Crippen LogP) is 10.1. The number of hydrogen-bond acceptors (Lipinski definition) is 3. The molecule has 0 N–H and O–H groups in total. The molecule has 0 bridgehead atoms. The Morgan fingerprint density at radius 2 is 0.306 bits per heavy atom. The van der Waals surface area contributed by atoms with Gasteiger partial charge in [0, 0.05) is 0 Å². The number of rotatable bonds is 9. The zero-order valence-corrected chi connectivity index (χ0v) is 38.0. The average molecular weight is 957 g/mol. The van der Waals surface area contributed by atoms with E-state index in [2.05, 4.69) is 273 Å². The molecule has 310 valence electrons. The number of nitrogens with zero attached hydrogens (tertiary/aromatic N) is 1. The second-order valence-electron chi connectivity index (χ2n) is 13.2. The summed E-state index contributed by atoms with van der Waals surface area (Å²) in [6, 6.07) is 97.0. The third-order valence-electron chi connectivity index (χ3n) is 9.13. The Hall–Kier alpha value is -5.79. The van der Waals surface area contributed by atoms with Crippen LogP contribution in [0, 0.1) is 15.3 Å². The molecule has 9 rings (SSSR count). The Balaban J connectivity index is 0.000000167. The smallest absolute Gasteiger partial charge is 0.356 e. The van der Waals surface area contributed by atoms with E-state index >= 15 is 0 Å². The van der Waals surface area contributed by atoms with Gasteiger partial charge in [0.15, 0.2) is 0 Å². The molecule has 8 heteroatoms. The molecular weight excluding hydrogens is 911 g/mol. The van der Waals surface area contributed by atoms with Crippen LogP contribution in [-0.4, -0.2) is 5.09 Å². The largest absolute Gasteiger partial charge is 1.00 e. The molecule has 0 saturated carbocycles. The van der Waals surface area contributed by atoms with Crippen molar-refractivity contribution in [2.24, 2.45) is 0 Å². The van der Waals surface area contributed by atoms with Gasteiger partial charge in [-0.1, -0.05) is 273 Å². The zero-order chi connectivity index (χ0) is 42.3. The standard InChI is InChI=1S/3C18H15P.Ag.NO3/c3*1-4-10-16(11-5-1)19(17-12-6-2-7-13-17)18-14-8-3-9-15-18;;2-1(3)4/h3*1-15H;;/q;;;+1;-1. The molecule has 0 atom stereocenters. The summed E-state index contributed by atoms with van der Waals surface area (Å²) in [5.74, 6) is 0. The minimum Gasteiger partial charge on any atom is -0.356 e. The van der Waals surface area contributed by atoms with E-state index in [1.165, 1.54) is 47.7 Å². The maximum Gasteiger partial charge on any atom is 1.00 e. The van der Waals surface area contributed by atoms with Crippen molar-refractivity contribution in [3.05, 3.63) is 288 Å². The van der Waals surface area contributed by atoms with Gasteiger partial charge in [0.1, 0.15) is 0 Å². The average Bonchev–Trinajstić information content (AvgIpc) is 3.33. The van der Waals surface area contributed by atoms with E-state index in [0.29, 0.717) is 0 Å². The molecule has 0 radical (unpaired) electrons. The van der Waals surface area contributed by atoms with E-state index in [0.717, 1.165) is 0 Å². The van der Waals surface area contributed by atoms with Gasteiger partial charge in [-0.3, -0.25) is 0 Å². The molecule has 0 saturated heterocycles. The summed E-state index contributed by atoms with van der Waals surface area (Å²) in [5.41, 5.74) is 0. The minimum atomic E-state index is -1.75. The van der Waals surface area contributed by atoms with Gasteiger partial charge < -0.3 is 15.3 Å². The first-order valence-corrected chi connectivity index (χ1v) is 23.8. The van der Waals surface area contributed by atoms with Crippen LogP contribution in [0.25, 0.3) is 0 Å². The normalized spacial score (nSPS) is 10.1. The Morgan fingerprint density at radius 3 is 0.387 bits per heavy atom. The van der Waals surface area contributed by atoms with Crippen molar-refractivity contribution in [3.63, 3.8) is 0 Å². The molecule has 4 nitrogen and oxygen atoms in total. The quantitative estimate of drug-likeness (QED) is 0.0627. The molecule has 9 aromatic carbocycles. The molecule has 0 aliphatic carbocycles. The molecule has 62 heavy (non-hydrogen) atoms. The van der Waals surface area contributed by atoms with Crippen LogP contribution in [0.5, 0.6) is 0 Å². The van der Waals surface area contributed by atoms with Gasteiger partial charge in [-0.25, -0.2) is 0 Å². The Labute approximate surface area is 384 Å². The Kier molecular flexibility index (Phi) is 20.2. The first-order valence-electron chi connectivity index (χ1n) is 19.8. The van der Waals surface area contributed by atoms with Crippen molar-refractivity contribution < 1.29 is 27.5 Å². The first kappa shape index (κ1) is 47.3. The fraction of sp³-hybridized carbons (Fsp3) is 0.